The van der Waals surface area contributed by atoms with Gasteiger partial charge in [0.1, 0.15) is 0 Å². The summed E-state index contributed by atoms with van der Waals surface area (Å²) in [5.41, 5.74) is 0.525. The van der Waals surface area contributed by atoms with E-state index in [4.69, 9.17) is 4.74 Å². The molecule has 2 rings (SSSR count). The van der Waals surface area contributed by atoms with Crippen LogP contribution in [0.2, 0.25) is 0 Å². The third-order valence-corrected chi connectivity index (χ3v) is 4.00. The average Bonchev–Trinajstić information content (AvgIpc) is 2.52. The van der Waals surface area contributed by atoms with Gasteiger partial charge in [-0.1, -0.05) is 18.2 Å². The van der Waals surface area contributed by atoms with Crippen molar-refractivity contribution in [2.45, 2.75) is 39.7 Å². The second-order valence-corrected chi connectivity index (χ2v) is 6.21. The molecule has 1 aromatic carbocycles. The molecule has 8 heteroatoms. The van der Waals surface area contributed by atoms with Gasteiger partial charge in [0.05, 0.1) is 28.1 Å². The van der Waals surface area contributed by atoms with Crippen LogP contribution < -0.4 is 5.32 Å². The number of nitro groups is 1. The minimum Gasteiger partial charge on any atom is -0.478 e. The summed E-state index contributed by atoms with van der Waals surface area (Å²) in [4.78, 5) is 35.4. The van der Waals surface area contributed by atoms with Crippen LogP contribution >= 0.6 is 0 Å². The Kier molecular flexibility index (Phi) is 5.44. The molecule has 8 nitrogen and oxygen atoms in total. The standard InChI is InChI=1S/C18H20N2O6/c1-9(2)26-18(23)15-11(4)19-10(3)14(17(21)22)16(15)12-7-5-6-8-13(12)20(24)25/h5-9,16,19H,1-4H3,(H,21,22). The topological polar surface area (TPSA) is 119 Å². The van der Waals surface area contributed by atoms with Gasteiger partial charge in [0.25, 0.3) is 5.69 Å². The summed E-state index contributed by atoms with van der Waals surface area (Å²) in [5, 5.41) is 24.0. The molecule has 0 aliphatic carbocycles. The molecule has 0 fully saturated rings. The van der Waals surface area contributed by atoms with E-state index in [2.05, 4.69) is 5.32 Å². The van der Waals surface area contributed by atoms with Crippen LogP contribution in [-0.2, 0) is 14.3 Å². The fourth-order valence-corrected chi connectivity index (χ4v) is 3.03. The summed E-state index contributed by atoms with van der Waals surface area (Å²) in [6, 6.07) is 5.80. The van der Waals surface area contributed by atoms with Crippen molar-refractivity contribution in [3.63, 3.8) is 0 Å². The Morgan fingerprint density at radius 3 is 2.31 bits per heavy atom. The summed E-state index contributed by atoms with van der Waals surface area (Å²) < 4.78 is 5.25. The predicted octanol–water partition coefficient (Wildman–Crippen LogP) is 2.87. The van der Waals surface area contributed by atoms with E-state index in [0.29, 0.717) is 11.4 Å². The molecule has 0 saturated carbocycles. The summed E-state index contributed by atoms with van der Waals surface area (Å²) in [6.07, 6.45) is -0.422. The molecule has 0 radical (unpaired) electrons. The van der Waals surface area contributed by atoms with Gasteiger partial charge in [-0.25, -0.2) is 9.59 Å². The highest BCUT2D eigenvalue weighted by molar-refractivity contribution is 5.99. The fraction of sp³-hybridized carbons (Fsp3) is 0.333. The molecule has 1 aliphatic heterocycles. The minimum atomic E-state index is -1.26. The number of para-hydroxylation sites is 1. The van der Waals surface area contributed by atoms with Crippen LogP contribution in [0.4, 0.5) is 5.69 Å². The molecule has 0 amide bonds. The predicted molar refractivity (Wildman–Crippen MR) is 93.2 cm³/mol. The molecule has 1 unspecified atom stereocenters. The molecule has 1 aliphatic rings. The molecular weight excluding hydrogens is 340 g/mol. The third kappa shape index (κ3) is 3.58. The summed E-state index contributed by atoms with van der Waals surface area (Å²) in [6.45, 7) is 6.51. The maximum absolute atomic E-state index is 12.7. The highest BCUT2D eigenvalue weighted by Gasteiger charge is 2.40. The van der Waals surface area contributed by atoms with Crippen LogP contribution in [0.5, 0.6) is 0 Å². The van der Waals surface area contributed by atoms with Gasteiger partial charge in [0.2, 0.25) is 0 Å². The van der Waals surface area contributed by atoms with E-state index in [0.717, 1.165) is 0 Å². The number of aliphatic carboxylic acids is 1. The number of carboxylic acid groups (broad SMARTS) is 1. The first-order valence-electron chi connectivity index (χ1n) is 8.01. The Hall–Kier alpha value is -3.16. The van der Waals surface area contributed by atoms with E-state index in [1.165, 1.54) is 18.2 Å². The number of rotatable bonds is 5. The molecule has 1 heterocycles. The van der Waals surface area contributed by atoms with Gasteiger partial charge in [-0.2, -0.15) is 0 Å². The van der Waals surface area contributed by atoms with Gasteiger partial charge in [-0.15, -0.1) is 0 Å². The van der Waals surface area contributed by atoms with Gasteiger partial charge < -0.3 is 15.2 Å². The number of carboxylic acids is 1. The highest BCUT2D eigenvalue weighted by atomic mass is 16.6. The number of carbonyl (C=O) groups excluding carboxylic acids is 1. The summed E-state index contributed by atoms with van der Waals surface area (Å²) in [5.74, 6) is -3.08. The second kappa shape index (κ2) is 7.38. The van der Waals surface area contributed by atoms with E-state index < -0.39 is 28.9 Å². The first-order chi connectivity index (χ1) is 12.1. The number of benzene rings is 1. The minimum absolute atomic E-state index is 0.0519. The van der Waals surface area contributed by atoms with Crippen molar-refractivity contribution < 1.29 is 24.4 Å². The summed E-state index contributed by atoms with van der Waals surface area (Å²) >= 11 is 0. The van der Waals surface area contributed by atoms with E-state index in [9.17, 15) is 24.8 Å². The number of carbonyl (C=O) groups is 2. The zero-order valence-electron chi connectivity index (χ0n) is 14.9. The lowest BCUT2D eigenvalue weighted by atomic mass is 9.79. The number of hydrogen-bond acceptors (Lipinski definition) is 6. The number of nitro benzene ring substituents is 1. The number of ether oxygens (including phenoxy) is 1. The van der Waals surface area contributed by atoms with Gasteiger partial charge in [0.15, 0.2) is 0 Å². The number of nitrogens with one attached hydrogen (secondary N) is 1. The van der Waals surface area contributed by atoms with Crippen molar-refractivity contribution >= 4 is 17.6 Å². The SMILES string of the molecule is CC1=C(C(=O)O)C(c2ccccc2[N+](=O)[O-])C(C(=O)OC(C)C)=C(C)N1. The molecule has 0 spiro atoms. The number of nitrogens with zero attached hydrogens (tertiary/aromatic N) is 1. The first-order valence-corrected chi connectivity index (χ1v) is 8.01. The molecule has 1 aromatic rings. The molecule has 1 atom stereocenters. The number of hydrogen-bond donors (Lipinski definition) is 2. The molecule has 26 heavy (non-hydrogen) atoms. The monoisotopic (exact) mass is 360 g/mol. The van der Waals surface area contributed by atoms with Crippen molar-refractivity contribution in [1.29, 1.82) is 0 Å². The van der Waals surface area contributed by atoms with Gasteiger partial charge in [0, 0.05) is 23.0 Å². The Morgan fingerprint density at radius 1 is 1.19 bits per heavy atom. The van der Waals surface area contributed by atoms with Crippen LogP contribution in [0.1, 0.15) is 39.2 Å². The zero-order chi connectivity index (χ0) is 19.6. The molecule has 0 aromatic heterocycles. The highest BCUT2D eigenvalue weighted by Crippen LogP contribution is 2.42. The molecule has 2 N–H and O–H groups in total. The lowest BCUT2D eigenvalue weighted by Crippen LogP contribution is -2.32. The summed E-state index contributed by atoms with van der Waals surface area (Å²) in [7, 11) is 0. The Bertz CT molecular complexity index is 838. The smallest absolute Gasteiger partial charge is 0.337 e. The molecular formula is C18H20N2O6. The van der Waals surface area contributed by atoms with Crippen molar-refractivity contribution in [2.24, 2.45) is 0 Å². The number of allylic oxidation sites excluding steroid dienone is 2. The van der Waals surface area contributed by atoms with Crippen LogP contribution in [0.3, 0.4) is 0 Å². The molecule has 0 saturated heterocycles. The van der Waals surface area contributed by atoms with Gasteiger partial charge in [-0.05, 0) is 27.7 Å². The lowest BCUT2D eigenvalue weighted by Gasteiger charge is -2.29. The Balaban J connectivity index is 2.75. The van der Waals surface area contributed by atoms with Gasteiger partial charge >= 0.3 is 11.9 Å². The lowest BCUT2D eigenvalue weighted by molar-refractivity contribution is -0.385. The normalized spacial score (nSPS) is 17.2. The quantitative estimate of drug-likeness (QED) is 0.471. The molecule has 0 bridgehead atoms. The van der Waals surface area contributed by atoms with Crippen LogP contribution in [0.15, 0.2) is 46.8 Å². The maximum atomic E-state index is 12.7. The van der Waals surface area contributed by atoms with Crippen molar-refractivity contribution in [3.8, 4) is 0 Å². The fourth-order valence-electron chi connectivity index (χ4n) is 3.03. The van der Waals surface area contributed by atoms with E-state index in [1.54, 1.807) is 33.8 Å². The largest absolute Gasteiger partial charge is 0.478 e. The zero-order valence-corrected chi connectivity index (χ0v) is 14.9. The van der Waals surface area contributed by atoms with E-state index >= 15 is 0 Å². The first kappa shape index (κ1) is 19.2. The van der Waals surface area contributed by atoms with Gasteiger partial charge in [-0.3, -0.25) is 10.1 Å². The third-order valence-electron chi connectivity index (χ3n) is 4.00. The van der Waals surface area contributed by atoms with Crippen molar-refractivity contribution in [1.82, 2.24) is 5.32 Å². The van der Waals surface area contributed by atoms with E-state index in [1.807, 2.05) is 0 Å². The number of esters is 1. The maximum Gasteiger partial charge on any atom is 0.337 e. The van der Waals surface area contributed by atoms with Crippen LogP contribution in [-0.4, -0.2) is 28.1 Å². The molecule has 138 valence electrons. The van der Waals surface area contributed by atoms with Crippen molar-refractivity contribution in [2.75, 3.05) is 0 Å². The second-order valence-electron chi connectivity index (χ2n) is 6.21. The Labute approximate surface area is 150 Å². The van der Waals surface area contributed by atoms with Crippen molar-refractivity contribution in [3.05, 3.63) is 62.5 Å². The Morgan fingerprint density at radius 2 is 1.77 bits per heavy atom. The van der Waals surface area contributed by atoms with Crippen LogP contribution in [0, 0.1) is 10.1 Å². The van der Waals surface area contributed by atoms with Crippen LogP contribution in [0.25, 0.3) is 0 Å². The van der Waals surface area contributed by atoms with E-state index in [-0.39, 0.29) is 22.4 Å². The number of dihydropyridines is 1. The average molecular weight is 360 g/mol.